The standard InChI is InChI=1S/C27H35FO5/c1-5-23(30)15(2)25(32)33-14-24(31)20-7-6-18-17-13-22(28)21-12-16(29)8-10-27(21,4)19(17)9-11-26(18,20)3/h8,10,12-13,15,17-20,23,30H,5-7,9,11,14H2,1-4H3/t15?,17-,18-,19-,20+,23?,26-,27+/m0/s1. The number of aliphatic hydroxyl groups is 1. The number of rotatable bonds is 6. The predicted molar refractivity (Wildman–Crippen MR) is 121 cm³/mol. The molecule has 0 aliphatic heterocycles. The van der Waals surface area contributed by atoms with Gasteiger partial charge in [-0.25, -0.2) is 4.39 Å². The molecule has 0 spiro atoms. The molecule has 0 heterocycles. The second-order valence-corrected chi connectivity index (χ2v) is 10.9. The van der Waals surface area contributed by atoms with Crippen LogP contribution in [-0.2, 0) is 19.1 Å². The smallest absolute Gasteiger partial charge is 0.311 e. The minimum atomic E-state index is -0.784. The van der Waals surface area contributed by atoms with Gasteiger partial charge in [-0.05, 0) is 80.4 Å². The highest BCUT2D eigenvalue weighted by atomic mass is 19.1. The molecule has 0 amide bonds. The van der Waals surface area contributed by atoms with Crippen LogP contribution in [0.5, 0.6) is 0 Å². The molecule has 6 heteroatoms. The molecular formula is C27H35FO5. The number of carbonyl (C=O) groups is 3. The molecule has 4 aliphatic rings. The molecule has 1 N–H and O–H groups in total. The van der Waals surface area contributed by atoms with Gasteiger partial charge in [-0.2, -0.15) is 0 Å². The number of Topliss-reactive ketones (excluding diaryl/α,β-unsaturated/α-hetero) is 1. The molecule has 0 aromatic heterocycles. The van der Waals surface area contributed by atoms with E-state index in [0.717, 1.165) is 19.3 Å². The van der Waals surface area contributed by atoms with Crippen molar-refractivity contribution < 1.29 is 28.6 Å². The fourth-order valence-electron chi connectivity index (χ4n) is 7.14. The summed E-state index contributed by atoms with van der Waals surface area (Å²) in [6.45, 7) is 7.28. The maximum atomic E-state index is 15.2. The minimum Gasteiger partial charge on any atom is -0.457 e. The number of ether oxygens (including phenoxy) is 1. The lowest BCUT2D eigenvalue weighted by Gasteiger charge is -2.54. The summed E-state index contributed by atoms with van der Waals surface area (Å²) in [4.78, 5) is 37.2. The van der Waals surface area contributed by atoms with Crippen molar-refractivity contribution in [3.8, 4) is 0 Å². The van der Waals surface area contributed by atoms with Crippen LogP contribution >= 0.6 is 0 Å². The lowest BCUT2D eigenvalue weighted by Crippen LogP contribution is -2.49. The van der Waals surface area contributed by atoms with E-state index in [4.69, 9.17) is 4.74 Å². The van der Waals surface area contributed by atoms with E-state index >= 15 is 4.39 Å². The van der Waals surface area contributed by atoms with Crippen molar-refractivity contribution in [2.24, 2.45) is 40.4 Å². The van der Waals surface area contributed by atoms with Gasteiger partial charge >= 0.3 is 5.97 Å². The normalized spacial score (nSPS) is 38.9. The van der Waals surface area contributed by atoms with E-state index in [1.807, 2.05) is 13.0 Å². The van der Waals surface area contributed by atoms with Crippen LogP contribution in [0.1, 0.15) is 59.8 Å². The zero-order valence-electron chi connectivity index (χ0n) is 20.0. The van der Waals surface area contributed by atoms with Gasteiger partial charge in [0.15, 0.2) is 11.6 Å². The Labute approximate surface area is 195 Å². The molecule has 4 aliphatic carbocycles. The summed E-state index contributed by atoms with van der Waals surface area (Å²) in [6, 6.07) is 0. The minimum absolute atomic E-state index is 0.00354. The SMILES string of the molecule is CCC(O)C(C)C(=O)OCC(=O)[C@H]1CC[C@H]2[C@@H]3C=C(F)C4=CC(=O)C=C[C@]4(C)[C@H]3CC[C@]12C. The molecule has 4 rings (SSSR count). The average Bonchev–Trinajstić information content (AvgIpc) is 3.15. The van der Waals surface area contributed by atoms with Crippen molar-refractivity contribution in [1.29, 1.82) is 0 Å². The molecule has 2 unspecified atom stereocenters. The number of allylic oxidation sites excluding steroid dienone is 6. The third kappa shape index (κ3) is 3.84. The predicted octanol–water partition coefficient (Wildman–Crippen LogP) is 4.50. The Bertz CT molecular complexity index is 948. The maximum Gasteiger partial charge on any atom is 0.311 e. The number of hydrogen-bond acceptors (Lipinski definition) is 5. The van der Waals surface area contributed by atoms with Gasteiger partial charge < -0.3 is 9.84 Å². The molecule has 0 bridgehead atoms. The van der Waals surface area contributed by atoms with E-state index in [1.54, 1.807) is 26.0 Å². The van der Waals surface area contributed by atoms with E-state index in [1.165, 1.54) is 6.08 Å². The maximum absolute atomic E-state index is 15.2. The Balaban J connectivity index is 1.51. The van der Waals surface area contributed by atoms with Crippen LogP contribution in [0.2, 0.25) is 0 Å². The second kappa shape index (κ2) is 8.61. The Hall–Kier alpha value is -2.08. The number of aliphatic hydroxyl groups excluding tert-OH is 1. The first-order valence-corrected chi connectivity index (χ1v) is 12.2. The van der Waals surface area contributed by atoms with E-state index in [0.29, 0.717) is 18.4 Å². The first-order valence-electron chi connectivity index (χ1n) is 12.2. The van der Waals surface area contributed by atoms with Crippen LogP contribution in [0.15, 0.2) is 35.7 Å². The molecule has 180 valence electrons. The fourth-order valence-corrected chi connectivity index (χ4v) is 7.14. The van der Waals surface area contributed by atoms with Crippen LogP contribution in [0, 0.1) is 40.4 Å². The highest BCUT2D eigenvalue weighted by molar-refractivity contribution is 6.01. The lowest BCUT2D eigenvalue weighted by atomic mass is 9.49. The molecular weight excluding hydrogens is 423 g/mol. The summed E-state index contributed by atoms with van der Waals surface area (Å²) in [5.41, 5.74) is -0.297. The van der Waals surface area contributed by atoms with Crippen molar-refractivity contribution >= 4 is 17.5 Å². The molecule has 8 atom stereocenters. The second-order valence-electron chi connectivity index (χ2n) is 10.9. The first-order chi connectivity index (χ1) is 15.5. The highest BCUT2D eigenvalue weighted by Gasteiger charge is 2.59. The monoisotopic (exact) mass is 458 g/mol. The van der Waals surface area contributed by atoms with Crippen LogP contribution in [0.25, 0.3) is 0 Å². The Kier molecular flexibility index (Phi) is 6.27. The Morgan fingerprint density at radius 1 is 1.24 bits per heavy atom. The van der Waals surface area contributed by atoms with Crippen molar-refractivity contribution in [2.45, 2.75) is 65.9 Å². The zero-order chi connectivity index (χ0) is 24.1. The van der Waals surface area contributed by atoms with E-state index in [9.17, 15) is 19.5 Å². The third-order valence-corrected chi connectivity index (χ3v) is 9.27. The zero-order valence-corrected chi connectivity index (χ0v) is 20.0. The summed E-state index contributed by atoms with van der Waals surface area (Å²) in [5, 5.41) is 9.87. The number of esters is 1. The van der Waals surface area contributed by atoms with Gasteiger partial charge in [0.1, 0.15) is 12.4 Å². The quantitative estimate of drug-likeness (QED) is 0.593. The van der Waals surface area contributed by atoms with Crippen molar-refractivity contribution in [1.82, 2.24) is 0 Å². The van der Waals surface area contributed by atoms with Crippen molar-refractivity contribution in [3.05, 3.63) is 35.7 Å². The average molecular weight is 459 g/mol. The molecule has 5 nitrogen and oxygen atoms in total. The molecule has 2 fully saturated rings. The highest BCUT2D eigenvalue weighted by Crippen LogP contribution is 2.65. The Morgan fingerprint density at radius 2 is 1.97 bits per heavy atom. The van der Waals surface area contributed by atoms with Gasteiger partial charge in [-0.15, -0.1) is 0 Å². The van der Waals surface area contributed by atoms with E-state index in [2.05, 4.69) is 6.92 Å². The molecule has 2 saturated carbocycles. The lowest BCUT2D eigenvalue weighted by molar-refractivity contribution is -0.157. The van der Waals surface area contributed by atoms with Crippen LogP contribution in [-0.4, -0.2) is 35.4 Å². The topological polar surface area (TPSA) is 80.7 Å². The molecule has 0 radical (unpaired) electrons. The summed E-state index contributed by atoms with van der Waals surface area (Å²) in [7, 11) is 0. The molecule has 0 aromatic rings. The van der Waals surface area contributed by atoms with Gasteiger partial charge in [-0.3, -0.25) is 14.4 Å². The van der Waals surface area contributed by atoms with Crippen LogP contribution in [0.4, 0.5) is 4.39 Å². The number of fused-ring (bicyclic) bond motifs is 5. The first kappa shape index (κ1) is 24.1. The number of ketones is 2. The summed E-state index contributed by atoms with van der Waals surface area (Å²) < 4.78 is 20.5. The molecule has 33 heavy (non-hydrogen) atoms. The molecule has 0 saturated heterocycles. The molecule has 0 aromatic carbocycles. The third-order valence-electron chi connectivity index (χ3n) is 9.27. The van der Waals surface area contributed by atoms with Gasteiger partial charge in [0, 0.05) is 16.9 Å². The summed E-state index contributed by atoms with van der Waals surface area (Å²) >= 11 is 0. The number of hydrogen-bond donors (Lipinski definition) is 1. The van der Waals surface area contributed by atoms with Crippen LogP contribution in [0.3, 0.4) is 0 Å². The van der Waals surface area contributed by atoms with E-state index in [-0.39, 0.29) is 53.1 Å². The largest absolute Gasteiger partial charge is 0.457 e. The van der Waals surface area contributed by atoms with Gasteiger partial charge in [0.2, 0.25) is 0 Å². The summed E-state index contributed by atoms with van der Waals surface area (Å²) in [6.07, 6.45) is 9.44. The van der Waals surface area contributed by atoms with Gasteiger partial charge in [-0.1, -0.05) is 26.8 Å². The Morgan fingerprint density at radius 3 is 2.67 bits per heavy atom. The van der Waals surface area contributed by atoms with Gasteiger partial charge in [0.05, 0.1) is 12.0 Å². The number of halogens is 1. The van der Waals surface area contributed by atoms with Crippen LogP contribution < -0.4 is 0 Å². The van der Waals surface area contributed by atoms with Gasteiger partial charge in [0.25, 0.3) is 0 Å². The summed E-state index contributed by atoms with van der Waals surface area (Å²) in [5.74, 6) is -1.66. The van der Waals surface area contributed by atoms with Crippen molar-refractivity contribution in [2.75, 3.05) is 6.61 Å². The van der Waals surface area contributed by atoms with E-state index < -0.39 is 23.4 Å². The number of carbonyl (C=O) groups excluding carboxylic acids is 3. The fraction of sp³-hybridized carbons (Fsp3) is 0.667. The van der Waals surface area contributed by atoms with Crippen molar-refractivity contribution in [3.63, 3.8) is 0 Å².